The zero-order valence-electron chi connectivity index (χ0n) is 12.8. The molecule has 2 amide bonds. The van der Waals surface area contributed by atoms with Crippen LogP contribution in [0.15, 0.2) is 29.1 Å². The number of H-pyrrole nitrogens is 1. The molecular formula is C16H18N4O3. The van der Waals surface area contributed by atoms with E-state index < -0.39 is 6.04 Å². The largest absolute Gasteiger partial charge is 0.353 e. The van der Waals surface area contributed by atoms with Crippen molar-refractivity contribution >= 4 is 22.8 Å². The van der Waals surface area contributed by atoms with Crippen LogP contribution in [0.3, 0.4) is 0 Å². The first-order chi connectivity index (χ1) is 11.1. The molecule has 1 aliphatic heterocycles. The van der Waals surface area contributed by atoms with Gasteiger partial charge in [-0.05, 0) is 19.1 Å². The van der Waals surface area contributed by atoms with E-state index in [1.807, 2.05) is 18.2 Å². The lowest BCUT2D eigenvalue weighted by Crippen LogP contribution is -2.55. The van der Waals surface area contributed by atoms with E-state index in [0.717, 1.165) is 0 Å². The molecule has 1 unspecified atom stereocenters. The van der Waals surface area contributed by atoms with Gasteiger partial charge in [-0.15, -0.1) is 0 Å². The lowest BCUT2D eigenvalue weighted by Gasteiger charge is -2.32. The summed E-state index contributed by atoms with van der Waals surface area (Å²) in [5, 5.41) is 2.72. The average molecular weight is 314 g/mol. The van der Waals surface area contributed by atoms with Crippen LogP contribution in [0.2, 0.25) is 0 Å². The molecule has 23 heavy (non-hydrogen) atoms. The fraction of sp³-hybridized carbons (Fsp3) is 0.375. The van der Waals surface area contributed by atoms with Crippen LogP contribution in [0, 0.1) is 0 Å². The second-order valence-electron chi connectivity index (χ2n) is 5.58. The molecule has 1 aromatic heterocycles. The molecular weight excluding hydrogens is 296 g/mol. The third-order valence-electron chi connectivity index (χ3n) is 4.06. The van der Waals surface area contributed by atoms with Crippen molar-refractivity contribution in [3.05, 3.63) is 40.3 Å². The first-order valence-corrected chi connectivity index (χ1v) is 7.61. The summed E-state index contributed by atoms with van der Waals surface area (Å²) in [4.78, 5) is 44.6. The molecule has 0 saturated carbocycles. The fourth-order valence-electron chi connectivity index (χ4n) is 2.73. The van der Waals surface area contributed by atoms with Crippen LogP contribution in [-0.4, -0.2) is 45.8 Å². The van der Waals surface area contributed by atoms with Crippen molar-refractivity contribution in [1.29, 1.82) is 0 Å². The van der Waals surface area contributed by atoms with Gasteiger partial charge in [0.1, 0.15) is 11.7 Å². The molecule has 1 atom stereocenters. The number of carbonyl (C=O) groups excluding carboxylic acids is 2. The molecule has 1 saturated heterocycles. The van der Waals surface area contributed by atoms with Crippen LogP contribution in [-0.2, 0) is 16.0 Å². The number of hydrogen-bond acceptors (Lipinski definition) is 4. The number of aromatic nitrogens is 2. The van der Waals surface area contributed by atoms with Crippen LogP contribution >= 0.6 is 0 Å². The Morgan fingerprint density at radius 2 is 2.13 bits per heavy atom. The van der Waals surface area contributed by atoms with Gasteiger partial charge in [-0.1, -0.05) is 12.1 Å². The van der Waals surface area contributed by atoms with Crippen molar-refractivity contribution in [3.63, 3.8) is 0 Å². The number of nitrogens with one attached hydrogen (secondary N) is 2. The molecule has 7 heteroatoms. The normalized spacial score (nSPS) is 18.0. The standard InChI is InChI=1S/C16H18N4O3/c1-10-15(22)17-8-9-20(10)14(21)7-6-13-16(23)19-12-5-3-2-4-11(12)18-13/h2-5,10H,6-9H2,1H3,(H,17,22)(H,19,23). The molecule has 2 aromatic rings. The average Bonchev–Trinajstić information content (AvgIpc) is 2.55. The highest BCUT2D eigenvalue weighted by atomic mass is 16.2. The van der Waals surface area contributed by atoms with Crippen molar-refractivity contribution in [2.24, 2.45) is 0 Å². The van der Waals surface area contributed by atoms with Gasteiger partial charge in [-0.25, -0.2) is 4.98 Å². The van der Waals surface area contributed by atoms with Crippen molar-refractivity contribution in [1.82, 2.24) is 20.2 Å². The Morgan fingerprint density at radius 1 is 1.35 bits per heavy atom. The van der Waals surface area contributed by atoms with E-state index in [-0.39, 0.29) is 30.2 Å². The zero-order valence-corrected chi connectivity index (χ0v) is 12.8. The summed E-state index contributed by atoms with van der Waals surface area (Å²) in [6.07, 6.45) is 0.413. The van der Waals surface area contributed by atoms with Gasteiger partial charge < -0.3 is 15.2 Å². The predicted octanol–water partition coefficient (Wildman–Crippen LogP) is 0.203. The van der Waals surface area contributed by atoms with E-state index in [0.29, 0.717) is 29.8 Å². The summed E-state index contributed by atoms with van der Waals surface area (Å²) in [5.74, 6) is -0.284. The number of hydrogen-bond donors (Lipinski definition) is 2. The van der Waals surface area contributed by atoms with Crippen LogP contribution in [0.1, 0.15) is 19.0 Å². The minimum atomic E-state index is -0.473. The molecule has 1 aliphatic rings. The van der Waals surface area contributed by atoms with Gasteiger partial charge in [-0.3, -0.25) is 14.4 Å². The Morgan fingerprint density at radius 3 is 2.96 bits per heavy atom. The van der Waals surface area contributed by atoms with Crippen LogP contribution in [0.25, 0.3) is 11.0 Å². The minimum absolute atomic E-state index is 0.137. The Hall–Kier alpha value is -2.70. The highest BCUT2D eigenvalue weighted by Gasteiger charge is 2.28. The van der Waals surface area contributed by atoms with E-state index >= 15 is 0 Å². The third kappa shape index (κ3) is 3.08. The van der Waals surface area contributed by atoms with Gasteiger partial charge >= 0.3 is 0 Å². The number of amides is 2. The summed E-state index contributed by atoms with van der Waals surface area (Å²) >= 11 is 0. The molecule has 7 nitrogen and oxygen atoms in total. The lowest BCUT2D eigenvalue weighted by molar-refractivity contribution is -0.142. The summed E-state index contributed by atoms with van der Waals surface area (Å²) in [6, 6.07) is 6.79. The van der Waals surface area contributed by atoms with E-state index in [4.69, 9.17) is 0 Å². The maximum atomic E-state index is 12.3. The molecule has 2 N–H and O–H groups in total. The lowest BCUT2D eigenvalue weighted by atomic mass is 10.1. The molecule has 0 bridgehead atoms. The van der Waals surface area contributed by atoms with Crippen molar-refractivity contribution in [2.75, 3.05) is 13.1 Å². The quantitative estimate of drug-likeness (QED) is 0.846. The summed E-state index contributed by atoms with van der Waals surface area (Å²) in [5.41, 5.74) is 1.43. The smallest absolute Gasteiger partial charge is 0.270 e. The topological polar surface area (TPSA) is 95.2 Å². The van der Waals surface area contributed by atoms with Gasteiger partial charge in [0.2, 0.25) is 11.8 Å². The van der Waals surface area contributed by atoms with E-state index in [1.165, 1.54) is 0 Å². The minimum Gasteiger partial charge on any atom is -0.353 e. The first-order valence-electron chi connectivity index (χ1n) is 7.61. The summed E-state index contributed by atoms with van der Waals surface area (Å²) < 4.78 is 0. The molecule has 2 heterocycles. The third-order valence-corrected chi connectivity index (χ3v) is 4.06. The molecule has 1 aromatic carbocycles. The van der Waals surface area contributed by atoms with Crippen LogP contribution in [0.5, 0.6) is 0 Å². The van der Waals surface area contributed by atoms with Crippen LogP contribution in [0.4, 0.5) is 0 Å². The van der Waals surface area contributed by atoms with Crippen molar-refractivity contribution < 1.29 is 9.59 Å². The Labute approximate surface area is 132 Å². The highest BCUT2D eigenvalue weighted by molar-refractivity contribution is 5.88. The number of aryl methyl sites for hydroxylation is 1. The summed E-state index contributed by atoms with van der Waals surface area (Å²) in [7, 11) is 0. The number of para-hydroxylation sites is 2. The molecule has 1 fully saturated rings. The van der Waals surface area contributed by atoms with Crippen molar-refractivity contribution in [3.8, 4) is 0 Å². The Balaban J connectivity index is 1.73. The Kier molecular flexibility index (Phi) is 4.10. The number of aromatic amines is 1. The van der Waals surface area contributed by atoms with E-state index in [9.17, 15) is 14.4 Å². The maximum absolute atomic E-state index is 12.3. The number of nitrogens with zero attached hydrogens (tertiary/aromatic N) is 2. The number of benzene rings is 1. The van der Waals surface area contributed by atoms with Crippen molar-refractivity contribution in [2.45, 2.75) is 25.8 Å². The van der Waals surface area contributed by atoms with Gasteiger partial charge in [0.15, 0.2) is 0 Å². The van der Waals surface area contributed by atoms with Gasteiger partial charge in [0.25, 0.3) is 5.56 Å². The molecule has 0 aliphatic carbocycles. The number of rotatable bonds is 3. The van der Waals surface area contributed by atoms with Gasteiger partial charge in [-0.2, -0.15) is 0 Å². The van der Waals surface area contributed by atoms with E-state index in [1.54, 1.807) is 17.9 Å². The SMILES string of the molecule is CC1C(=O)NCCN1C(=O)CCc1nc2ccccc2[nH]c1=O. The molecule has 0 radical (unpaired) electrons. The molecule has 120 valence electrons. The second kappa shape index (κ2) is 6.20. The molecule has 0 spiro atoms. The maximum Gasteiger partial charge on any atom is 0.270 e. The second-order valence-corrected chi connectivity index (χ2v) is 5.58. The molecule has 3 rings (SSSR count). The summed E-state index contributed by atoms with van der Waals surface area (Å²) in [6.45, 7) is 2.66. The van der Waals surface area contributed by atoms with E-state index in [2.05, 4.69) is 15.3 Å². The van der Waals surface area contributed by atoms with Gasteiger partial charge in [0.05, 0.1) is 11.0 Å². The van der Waals surface area contributed by atoms with Gasteiger partial charge in [0, 0.05) is 25.9 Å². The Bertz CT molecular complexity index is 814. The monoisotopic (exact) mass is 314 g/mol. The number of carbonyl (C=O) groups is 2. The number of fused-ring (bicyclic) bond motifs is 1. The van der Waals surface area contributed by atoms with Crippen LogP contribution < -0.4 is 10.9 Å². The highest BCUT2D eigenvalue weighted by Crippen LogP contribution is 2.10. The fourth-order valence-corrected chi connectivity index (χ4v) is 2.73. The predicted molar refractivity (Wildman–Crippen MR) is 84.9 cm³/mol. The number of piperazine rings is 1. The first kappa shape index (κ1) is 15.2. The zero-order chi connectivity index (χ0) is 16.4.